The lowest BCUT2D eigenvalue weighted by molar-refractivity contribution is 0.0646. The van der Waals surface area contributed by atoms with Gasteiger partial charge in [0.05, 0.1) is 12.6 Å². The van der Waals surface area contributed by atoms with Crippen molar-refractivity contribution >= 4 is 5.96 Å². The van der Waals surface area contributed by atoms with Crippen molar-refractivity contribution in [3.63, 3.8) is 0 Å². The quantitative estimate of drug-likeness (QED) is 0.393. The third kappa shape index (κ3) is 7.87. The molecule has 1 aliphatic heterocycles. The Hall–Kier alpha value is -1.63. The molecule has 1 aliphatic rings. The van der Waals surface area contributed by atoms with E-state index in [-0.39, 0.29) is 6.10 Å². The van der Waals surface area contributed by atoms with E-state index in [9.17, 15) is 0 Å². The fourth-order valence-electron chi connectivity index (χ4n) is 3.20. The molecule has 1 fully saturated rings. The molecule has 27 heavy (non-hydrogen) atoms. The predicted octanol–water partition coefficient (Wildman–Crippen LogP) is 1.96. The van der Waals surface area contributed by atoms with Gasteiger partial charge < -0.3 is 20.3 Å². The summed E-state index contributed by atoms with van der Waals surface area (Å²) in [5.74, 6) is 0.898. The van der Waals surface area contributed by atoms with Crippen LogP contribution in [0.3, 0.4) is 0 Å². The number of nitrogens with zero attached hydrogens (tertiary/aromatic N) is 3. The fraction of sp³-hybridized carbons (Fsp3) is 0.667. The van der Waals surface area contributed by atoms with Gasteiger partial charge in [-0.05, 0) is 39.9 Å². The first-order chi connectivity index (χ1) is 13.1. The number of hydrogen-bond donors (Lipinski definition) is 2. The summed E-state index contributed by atoms with van der Waals surface area (Å²) in [6.45, 7) is 10.8. The Morgan fingerprint density at radius 2 is 2.00 bits per heavy atom. The minimum atomic E-state index is 0.131. The molecule has 2 rings (SSSR count). The molecule has 1 heterocycles. The highest BCUT2D eigenvalue weighted by Crippen LogP contribution is 2.15. The Kier molecular flexibility index (Phi) is 9.59. The van der Waals surface area contributed by atoms with E-state index in [2.05, 4.69) is 72.6 Å². The van der Waals surface area contributed by atoms with Crippen LogP contribution in [0, 0.1) is 0 Å². The average Bonchev–Trinajstić information content (AvgIpc) is 2.68. The summed E-state index contributed by atoms with van der Waals surface area (Å²) in [5.41, 5.74) is 1.22. The second-order valence-corrected chi connectivity index (χ2v) is 7.32. The van der Waals surface area contributed by atoms with Gasteiger partial charge in [-0.25, -0.2) is 0 Å². The summed E-state index contributed by atoms with van der Waals surface area (Å²) in [6, 6.07) is 10.8. The van der Waals surface area contributed by atoms with Crippen LogP contribution < -0.4 is 10.6 Å². The molecule has 0 amide bonds. The third-order valence-corrected chi connectivity index (χ3v) is 5.03. The topological polar surface area (TPSA) is 52.1 Å². The van der Waals surface area contributed by atoms with Gasteiger partial charge >= 0.3 is 0 Å². The van der Waals surface area contributed by atoms with Crippen LogP contribution in [0.25, 0.3) is 0 Å². The number of guanidine groups is 1. The van der Waals surface area contributed by atoms with E-state index in [1.54, 1.807) is 0 Å². The molecule has 2 N–H and O–H groups in total. The van der Waals surface area contributed by atoms with Crippen molar-refractivity contribution < 1.29 is 4.74 Å². The van der Waals surface area contributed by atoms with Crippen molar-refractivity contribution in [2.24, 2.45) is 4.99 Å². The third-order valence-electron chi connectivity index (χ3n) is 5.03. The largest absolute Gasteiger partial charge is 0.374 e. The van der Waals surface area contributed by atoms with Gasteiger partial charge in [0.2, 0.25) is 0 Å². The summed E-state index contributed by atoms with van der Waals surface area (Å²) in [7, 11) is 4.38. The fourth-order valence-corrected chi connectivity index (χ4v) is 3.20. The Morgan fingerprint density at radius 3 is 2.74 bits per heavy atom. The highest BCUT2D eigenvalue weighted by atomic mass is 16.5. The van der Waals surface area contributed by atoms with Crippen molar-refractivity contribution in [3.05, 3.63) is 35.9 Å². The molecular formula is C21H37N5O. The maximum Gasteiger partial charge on any atom is 0.191 e. The van der Waals surface area contributed by atoms with Gasteiger partial charge in [0.1, 0.15) is 0 Å². The Morgan fingerprint density at radius 1 is 1.22 bits per heavy atom. The van der Waals surface area contributed by atoms with Crippen molar-refractivity contribution in [1.29, 1.82) is 0 Å². The molecule has 2 atom stereocenters. The van der Waals surface area contributed by atoms with Crippen LogP contribution in [-0.4, -0.2) is 81.8 Å². The molecule has 6 nitrogen and oxygen atoms in total. The number of piperazine rings is 1. The Balaban J connectivity index is 1.69. The van der Waals surface area contributed by atoms with Crippen molar-refractivity contribution in [1.82, 2.24) is 20.4 Å². The number of hydrogen-bond acceptors (Lipinski definition) is 4. The van der Waals surface area contributed by atoms with Crippen molar-refractivity contribution in [2.75, 3.05) is 60.0 Å². The van der Waals surface area contributed by atoms with E-state index in [0.717, 1.165) is 58.3 Å². The lowest BCUT2D eigenvalue weighted by atomic mass is 10.1. The molecule has 2 unspecified atom stereocenters. The number of ether oxygens (including phenoxy) is 1. The van der Waals surface area contributed by atoms with Gasteiger partial charge in [0.15, 0.2) is 5.96 Å². The molecule has 0 aromatic heterocycles. The zero-order valence-electron chi connectivity index (χ0n) is 17.4. The summed E-state index contributed by atoms with van der Waals surface area (Å²) in [4.78, 5) is 9.58. The molecule has 152 valence electrons. The number of nitrogens with one attached hydrogen (secondary N) is 2. The lowest BCUT2D eigenvalue weighted by Gasteiger charge is -2.36. The molecule has 0 radical (unpaired) electrons. The number of aliphatic imine (C=N–C) groups is 1. The van der Waals surface area contributed by atoms with Crippen LogP contribution in [0.4, 0.5) is 0 Å². The summed E-state index contributed by atoms with van der Waals surface area (Å²) < 4.78 is 5.94. The zero-order valence-corrected chi connectivity index (χ0v) is 17.4. The van der Waals surface area contributed by atoms with Crippen molar-refractivity contribution in [2.45, 2.75) is 32.4 Å². The standard InChI is InChI=1S/C21H37N5O/c1-5-22-21(24-16-20-17-25(3)13-14-26(20)4)23-12-9-15-27-18(2)19-10-7-6-8-11-19/h6-8,10-11,18,20H,5,9,12-17H2,1-4H3,(H2,22,23,24). The van der Waals surface area contributed by atoms with E-state index in [0.29, 0.717) is 6.04 Å². The monoisotopic (exact) mass is 375 g/mol. The van der Waals surface area contributed by atoms with Gasteiger partial charge in [0.25, 0.3) is 0 Å². The highest BCUT2D eigenvalue weighted by Gasteiger charge is 2.21. The SMILES string of the molecule is CCNC(=NCC1CN(C)CCN1C)NCCCOC(C)c1ccccc1. The summed E-state index contributed by atoms with van der Waals surface area (Å²) in [6.07, 6.45) is 1.08. The first-order valence-corrected chi connectivity index (χ1v) is 10.2. The van der Waals surface area contributed by atoms with Crippen LogP contribution in [0.5, 0.6) is 0 Å². The van der Waals surface area contributed by atoms with Crippen LogP contribution in [0.2, 0.25) is 0 Å². The molecule has 1 saturated heterocycles. The first kappa shape index (κ1) is 21.7. The van der Waals surface area contributed by atoms with Crippen LogP contribution >= 0.6 is 0 Å². The second kappa shape index (κ2) is 12.0. The van der Waals surface area contributed by atoms with E-state index >= 15 is 0 Å². The van der Waals surface area contributed by atoms with E-state index < -0.39 is 0 Å². The second-order valence-electron chi connectivity index (χ2n) is 7.32. The van der Waals surface area contributed by atoms with E-state index in [1.807, 2.05) is 6.07 Å². The molecule has 6 heteroatoms. The number of likely N-dealkylation sites (N-methyl/N-ethyl adjacent to an activating group) is 2. The lowest BCUT2D eigenvalue weighted by Crippen LogP contribution is -2.51. The Labute approximate surface area is 165 Å². The van der Waals surface area contributed by atoms with Gasteiger partial charge in [0, 0.05) is 45.4 Å². The summed E-state index contributed by atoms with van der Waals surface area (Å²) in [5, 5.41) is 6.77. The van der Waals surface area contributed by atoms with Gasteiger partial charge in [-0.3, -0.25) is 9.89 Å². The van der Waals surface area contributed by atoms with Crippen LogP contribution in [0.15, 0.2) is 35.3 Å². The molecule has 0 aliphatic carbocycles. The van der Waals surface area contributed by atoms with Gasteiger partial charge in [-0.1, -0.05) is 30.3 Å². The average molecular weight is 376 g/mol. The normalized spacial score (nSPS) is 20.4. The van der Waals surface area contributed by atoms with Crippen LogP contribution in [-0.2, 0) is 4.74 Å². The van der Waals surface area contributed by atoms with E-state index in [1.165, 1.54) is 5.56 Å². The molecule has 0 spiro atoms. The highest BCUT2D eigenvalue weighted by molar-refractivity contribution is 5.79. The van der Waals surface area contributed by atoms with Crippen LogP contribution in [0.1, 0.15) is 31.9 Å². The predicted molar refractivity (Wildman–Crippen MR) is 113 cm³/mol. The maximum absolute atomic E-state index is 5.94. The van der Waals surface area contributed by atoms with Gasteiger partial charge in [-0.15, -0.1) is 0 Å². The Bertz CT molecular complexity index is 551. The number of benzene rings is 1. The van der Waals surface area contributed by atoms with Gasteiger partial charge in [-0.2, -0.15) is 0 Å². The minimum Gasteiger partial charge on any atom is -0.374 e. The smallest absolute Gasteiger partial charge is 0.191 e. The molecule has 1 aromatic carbocycles. The number of rotatable bonds is 9. The van der Waals surface area contributed by atoms with Crippen molar-refractivity contribution in [3.8, 4) is 0 Å². The van der Waals surface area contributed by atoms with E-state index in [4.69, 9.17) is 9.73 Å². The zero-order chi connectivity index (χ0) is 19.5. The summed E-state index contributed by atoms with van der Waals surface area (Å²) >= 11 is 0. The molecular weight excluding hydrogens is 338 g/mol. The molecule has 1 aromatic rings. The maximum atomic E-state index is 5.94. The minimum absolute atomic E-state index is 0.131. The molecule has 0 bridgehead atoms. The molecule has 0 saturated carbocycles. The first-order valence-electron chi connectivity index (χ1n) is 10.2.